The lowest BCUT2D eigenvalue weighted by Gasteiger charge is -2.16. The van der Waals surface area contributed by atoms with E-state index in [0.717, 1.165) is 12.5 Å². The maximum Gasteiger partial charge on any atom is 0.179 e. The van der Waals surface area contributed by atoms with Gasteiger partial charge >= 0.3 is 0 Å². The standard InChI is InChI=1S/C14H21N3O2S/c1-17(10-11-5-6-11)7-8-20(18,19)13-4-2-3-12(9-13)14(15)16/h2-4,9,11H,5-8,10H2,1H3,(H3,15,16). The van der Waals surface area contributed by atoms with Gasteiger partial charge in [-0.1, -0.05) is 12.1 Å². The summed E-state index contributed by atoms with van der Waals surface area (Å²) in [5.41, 5.74) is 5.83. The summed E-state index contributed by atoms with van der Waals surface area (Å²) in [4.78, 5) is 2.31. The molecule has 2 rings (SSSR count). The summed E-state index contributed by atoms with van der Waals surface area (Å²) in [6.07, 6.45) is 2.52. The molecule has 1 aromatic carbocycles. The highest BCUT2D eigenvalue weighted by Gasteiger charge is 2.23. The Balaban J connectivity index is 2.01. The van der Waals surface area contributed by atoms with E-state index < -0.39 is 9.84 Å². The van der Waals surface area contributed by atoms with Crippen molar-refractivity contribution in [1.29, 1.82) is 5.41 Å². The number of amidine groups is 1. The van der Waals surface area contributed by atoms with Gasteiger partial charge in [0.1, 0.15) is 5.84 Å². The Labute approximate surface area is 120 Å². The third-order valence-corrected chi connectivity index (χ3v) is 5.20. The molecule has 0 bridgehead atoms. The molecule has 0 saturated heterocycles. The molecule has 3 N–H and O–H groups in total. The minimum Gasteiger partial charge on any atom is -0.384 e. The Bertz CT molecular complexity index is 594. The predicted molar refractivity (Wildman–Crippen MR) is 79.7 cm³/mol. The van der Waals surface area contributed by atoms with Gasteiger partial charge in [0.25, 0.3) is 0 Å². The maximum atomic E-state index is 12.3. The van der Waals surface area contributed by atoms with Crippen LogP contribution in [0.5, 0.6) is 0 Å². The van der Waals surface area contributed by atoms with Crippen molar-refractivity contribution >= 4 is 15.7 Å². The van der Waals surface area contributed by atoms with Crippen LogP contribution in [0.2, 0.25) is 0 Å². The molecular formula is C14H21N3O2S. The first kappa shape index (κ1) is 15.0. The molecule has 0 unspecified atom stereocenters. The number of nitrogen functional groups attached to an aromatic ring is 1. The first-order valence-electron chi connectivity index (χ1n) is 6.74. The SMILES string of the molecule is CN(CCS(=O)(=O)c1cccc(C(=N)N)c1)CC1CC1. The van der Waals surface area contributed by atoms with Gasteiger partial charge in [0.2, 0.25) is 0 Å². The van der Waals surface area contributed by atoms with Crippen LogP contribution in [0.25, 0.3) is 0 Å². The van der Waals surface area contributed by atoms with Crippen LogP contribution in [0.1, 0.15) is 18.4 Å². The highest BCUT2D eigenvalue weighted by atomic mass is 32.2. The summed E-state index contributed by atoms with van der Waals surface area (Å²) in [5, 5.41) is 7.37. The molecule has 0 amide bonds. The van der Waals surface area contributed by atoms with Crippen LogP contribution in [0, 0.1) is 11.3 Å². The van der Waals surface area contributed by atoms with Crippen molar-refractivity contribution in [3.05, 3.63) is 29.8 Å². The van der Waals surface area contributed by atoms with E-state index in [1.807, 2.05) is 7.05 Å². The average Bonchev–Trinajstić information content (AvgIpc) is 3.20. The molecule has 1 fully saturated rings. The predicted octanol–water partition coefficient (Wildman–Crippen LogP) is 1.09. The number of benzene rings is 1. The molecule has 6 heteroatoms. The molecule has 0 radical (unpaired) electrons. The fourth-order valence-corrected chi connectivity index (χ4v) is 3.46. The monoisotopic (exact) mass is 295 g/mol. The van der Waals surface area contributed by atoms with Gasteiger partial charge in [0, 0.05) is 18.7 Å². The van der Waals surface area contributed by atoms with E-state index in [-0.39, 0.29) is 16.5 Å². The molecule has 0 aliphatic heterocycles. The zero-order valence-electron chi connectivity index (χ0n) is 11.7. The average molecular weight is 295 g/mol. The van der Waals surface area contributed by atoms with Crippen molar-refractivity contribution in [2.75, 3.05) is 25.9 Å². The molecule has 1 saturated carbocycles. The number of nitrogens with zero attached hydrogens (tertiary/aromatic N) is 1. The van der Waals surface area contributed by atoms with Crippen molar-refractivity contribution in [3.8, 4) is 0 Å². The van der Waals surface area contributed by atoms with Crippen LogP contribution in [0.15, 0.2) is 29.2 Å². The van der Waals surface area contributed by atoms with Crippen LogP contribution in [0.3, 0.4) is 0 Å². The van der Waals surface area contributed by atoms with E-state index in [1.54, 1.807) is 18.2 Å². The Kier molecular flexibility index (Phi) is 4.45. The van der Waals surface area contributed by atoms with Crippen molar-refractivity contribution < 1.29 is 8.42 Å². The lowest BCUT2D eigenvalue weighted by atomic mass is 10.2. The van der Waals surface area contributed by atoms with Crippen LogP contribution in [-0.2, 0) is 9.84 Å². The number of nitrogens with one attached hydrogen (secondary N) is 1. The second kappa shape index (κ2) is 5.93. The molecular weight excluding hydrogens is 274 g/mol. The molecule has 0 heterocycles. The Morgan fingerprint density at radius 1 is 1.45 bits per heavy atom. The van der Waals surface area contributed by atoms with Crippen LogP contribution < -0.4 is 5.73 Å². The van der Waals surface area contributed by atoms with Crippen molar-refractivity contribution in [2.24, 2.45) is 11.7 Å². The summed E-state index contributed by atoms with van der Waals surface area (Å²) in [7, 11) is -1.36. The van der Waals surface area contributed by atoms with E-state index in [2.05, 4.69) is 4.90 Å². The van der Waals surface area contributed by atoms with E-state index in [1.165, 1.54) is 18.9 Å². The second-order valence-corrected chi connectivity index (χ2v) is 7.58. The van der Waals surface area contributed by atoms with Crippen molar-refractivity contribution in [3.63, 3.8) is 0 Å². The van der Waals surface area contributed by atoms with Gasteiger partial charge < -0.3 is 10.6 Å². The van der Waals surface area contributed by atoms with E-state index >= 15 is 0 Å². The van der Waals surface area contributed by atoms with Gasteiger partial charge in [-0.2, -0.15) is 0 Å². The summed E-state index contributed by atoms with van der Waals surface area (Å²) < 4.78 is 24.5. The number of sulfone groups is 1. The topological polar surface area (TPSA) is 87.2 Å². The fraction of sp³-hybridized carbons (Fsp3) is 0.500. The van der Waals surface area contributed by atoms with E-state index in [9.17, 15) is 8.42 Å². The van der Waals surface area contributed by atoms with E-state index in [0.29, 0.717) is 12.1 Å². The zero-order valence-corrected chi connectivity index (χ0v) is 12.5. The minimum absolute atomic E-state index is 0.0948. The van der Waals surface area contributed by atoms with Crippen LogP contribution in [-0.4, -0.2) is 45.0 Å². The number of rotatable bonds is 7. The largest absolute Gasteiger partial charge is 0.384 e. The molecule has 0 spiro atoms. The van der Waals surface area contributed by atoms with Crippen molar-refractivity contribution in [2.45, 2.75) is 17.7 Å². The highest BCUT2D eigenvalue weighted by Crippen LogP contribution is 2.29. The van der Waals surface area contributed by atoms with Gasteiger partial charge in [-0.25, -0.2) is 8.42 Å². The Hall–Kier alpha value is -1.40. The number of hydrogen-bond donors (Lipinski definition) is 2. The van der Waals surface area contributed by atoms with Crippen LogP contribution in [0.4, 0.5) is 0 Å². The molecule has 110 valence electrons. The normalized spacial score (nSPS) is 15.5. The Morgan fingerprint density at radius 3 is 2.75 bits per heavy atom. The van der Waals surface area contributed by atoms with Crippen molar-refractivity contribution in [1.82, 2.24) is 4.90 Å². The summed E-state index contributed by atoms with van der Waals surface area (Å²) in [6, 6.07) is 6.29. The smallest absolute Gasteiger partial charge is 0.179 e. The fourth-order valence-electron chi connectivity index (χ4n) is 2.08. The summed E-state index contributed by atoms with van der Waals surface area (Å²) in [5.74, 6) is 0.731. The van der Waals surface area contributed by atoms with Gasteiger partial charge in [-0.3, -0.25) is 5.41 Å². The zero-order chi connectivity index (χ0) is 14.8. The highest BCUT2D eigenvalue weighted by molar-refractivity contribution is 7.91. The summed E-state index contributed by atoms with van der Waals surface area (Å²) in [6.45, 7) is 1.51. The number of hydrogen-bond acceptors (Lipinski definition) is 4. The summed E-state index contributed by atoms with van der Waals surface area (Å²) >= 11 is 0. The second-order valence-electron chi connectivity index (χ2n) is 5.47. The molecule has 0 aromatic heterocycles. The lowest BCUT2D eigenvalue weighted by Crippen LogP contribution is -2.27. The lowest BCUT2D eigenvalue weighted by molar-refractivity contribution is 0.338. The molecule has 1 aliphatic carbocycles. The van der Waals surface area contributed by atoms with E-state index in [4.69, 9.17) is 11.1 Å². The minimum atomic E-state index is -3.32. The first-order valence-corrected chi connectivity index (χ1v) is 8.39. The third-order valence-electron chi connectivity index (χ3n) is 3.51. The molecule has 0 atom stereocenters. The van der Waals surface area contributed by atoms with Gasteiger partial charge in [0.15, 0.2) is 9.84 Å². The molecule has 5 nitrogen and oxygen atoms in total. The first-order chi connectivity index (χ1) is 9.38. The van der Waals surface area contributed by atoms with Gasteiger partial charge in [-0.05, 0) is 37.9 Å². The third kappa shape index (κ3) is 4.05. The molecule has 1 aliphatic rings. The quantitative estimate of drug-likeness (QED) is 0.582. The maximum absolute atomic E-state index is 12.3. The number of nitrogens with two attached hydrogens (primary N) is 1. The Morgan fingerprint density at radius 2 is 2.15 bits per heavy atom. The molecule has 20 heavy (non-hydrogen) atoms. The molecule has 1 aromatic rings. The van der Waals surface area contributed by atoms with Gasteiger partial charge in [-0.15, -0.1) is 0 Å². The van der Waals surface area contributed by atoms with Gasteiger partial charge in [0.05, 0.1) is 10.6 Å². The van der Waals surface area contributed by atoms with Crippen LogP contribution >= 0.6 is 0 Å².